The quantitative estimate of drug-likeness (QED) is 0.539. The number of ether oxygens (including phenoxy) is 1. The van der Waals surface area contributed by atoms with E-state index in [9.17, 15) is 18.8 Å². The summed E-state index contributed by atoms with van der Waals surface area (Å²) in [5.41, 5.74) is 2.34. The molecule has 192 valence electrons. The number of fused-ring (bicyclic) bond motifs is 1. The molecular formula is C28H34FNO5Si. The Morgan fingerprint density at radius 3 is 2.44 bits per heavy atom. The van der Waals surface area contributed by atoms with Crippen molar-refractivity contribution in [3.05, 3.63) is 58.9 Å². The molecule has 1 aliphatic carbocycles. The number of benzene rings is 2. The van der Waals surface area contributed by atoms with Gasteiger partial charge in [-0.15, -0.1) is 0 Å². The van der Waals surface area contributed by atoms with E-state index >= 15 is 0 Å². The highest BCUT2D eigenvalue weighted by Gasteiger charge is 2.43. The molecule has 1 heterocycles. The van der Waals surface area contributed by atoms with Crippen molar-refractivity contribution in [3.8, 4) is 5.75 Å². The highest BCUT2D eigenvalue weighted by molar-refractivity contribution is 6.88. The maximum atomic E-state index is 14.9. The number of nitrogens with zero attached hydrogens (tertiary/aromatic N) is 1. The summed E-state index contributed by atoms with van der Waals surface area (Å²) in [4.78, 5) is 39.9. The first-order valence-corrected chi connectivity index (χ1v) is 16.0. The van der Waals surface area contributed by atoms with E-state index in [1.807, 2.05) is 18.2 Å². The first-order chi connectivity index (χ1) is 17.0. The number of ketones is 1. The van der Waals surface area contributed by atoms with Crippen molar-refractivity contribution in [1.29, 1.82) is 0 Å². The summed E-state index contributed by atoms with van der Waals surface area (Å²) in [7, 11) is -0.254. The summed E-state index contributed by atoms with van der Waals surface area (Å²) in [6.07, 6.45) is 1.75. The second kappa shape index (κ2) is 10.2. The monoisotopic (exact) mass is 511 g/mol. The Morgan fingerprint density at radius 2 is 1.83 bits per heavy atom. The number of methoxy groups -OCH3 is 1. The standard InChI is InChI=1S/C28H34FNO5Si/c1-35-21-6-7-22-19(16-21)9-10-30(28(34)20-11-18(12-20)15-26(32)33)27(22)24(31)14-17-5-8-25(23(29)13-17)36(2,3)4/h5-8,13,16,18,20,27H,9-12,14-15H2,1-4H3,(H,32,33)/t18?,20?,27-/m1/s1. The van der Waals surface area contributed by atoms with E-state index in [0.29, 0.717) is 37.1 Å². The van der Waals surface area contributed by atoms with E-state index in [4.69, 9.17) is 9.84 Å². The number of carboxylic acids is 1. The van der Waals surface area contributed by atoms with Gasteiger partial charge in [-0.2, -0.15) is 0 Å². The van der Waals surface area contributed by atoms with Crippen molar-refractivity contribution in [2.45, 2.75) is 57.8 Å². The Labute approximate surface area is 212 Å². The zero-order valence-corrected chi connectivity index (χ0v) is 22.3. The largest absolute Gasteiger partial charge is 0.497 e. The van der Waals surface area contributed by atoms with Crippen molar-refractivity contribution in [2.75, 3.05) is 13.7 Å². The highest BCUT2D eigenvalue weighted by atomic mass is 28.3. The number of rotatable bonds is 8. The molecule has 1 fully saturated rings. The number of carboxylic acid groups (broad SMARTS) is 1. The van der Waals surface area contributed by atoms with Gasteiger partial charge in [-0.05, 0) is 65.3 Å². The smallest absolute Gasteiger partial charge is 0.303 e. The van der Waals surface area contributed by atoms with Gasteiger partial charge < -0.3 is 14.7 Å². The van der Waals surface area contributed by atoms with Gasteiger partial charge in [0.15, 0.2) is 5.78 Å². The van der Waals surface area contributed by atoms with Crippen LogP contribution in [0.5, 0.6) is 5.75 Å². The van der Waals surface area contributed by atoms with Gasteiger partial charge in [0.25, 0.3) is 0 Å². The van der Waals surface area contributed by atoms with Crippen LogP contribution in [-0.2, 0) is 27.2 Å². The van der Waals surface area contributed by atoms with Crippen LogP contribution < -0.4 is 9.92 Å². The van der Waals surface area contributed by atoms with Crippen molar-refractivity contribution < 1.29 is 28.6 Å². The van der Waals surface area contributed by atoms with Crippen LogP contribution in [0.3, 0.4) is 0 Å². The van der Waals surface area contributed by atoms with E-state index in [1.54, 1.807) is 24.1 Å². The van der Waals surface area contributed by atoms with E-state index in [1.165, 1.54) is 6.07 Å². The second-order valence-corrected chi connectivity index (χ2v) is 16.1. The lowest BCUT2D eigenvalue weighted by Gasteiger charge is -2.42. The maximum absolute atomic E-state index is 14.9. The fourth-order valence-corrected chi connectivity index (χ4v) is 6.85. The Balaban J connectivity index is 1.60. The third-order valence-electron chi connectivity index (χ3n) is 7.43. The third-order valence-corrected chi connectivity index (χ3v) is 9.46. The van der Waals surface area contributed by atoms with Crippen LogP contribution in [0.25, 0.3) is 0 Å². The fraction of sp³-hybridized carbons (Fsp3) is 0.464. The van der Waals surface area contributed by atoms with Crippen molar-refractivity contribution in [2.24, 2.45) is 11.8 Å². The SMILES string of the molecule is COc1ccc2c(c1)CCN(C(=O)C1CC(CC(=O)O)C1)[C@H]2C(=O)Cc1ccc([Si](C)(C)C)c(F)c1. The molecule has 1 atom stereocenters. The average Bonchev–Trinajstić information content (AvgIpc) is 2.78. The van der Waals surface area contributed by atoms with Crippen molar-refractivity contribution >= 4 is 30.9 Å². The van der Waals surface area contributed by atoms with E-state index < -0.39 is 20.1 Å². The maximum Gasteiger partial charge on any atom is 0.303 e. The number of amides is 1. The molecule has 2 aromatic rings. The minimum atomic E-state index is -1.84. The molecule has 2 aromatic carbocycles. The lowest BCUT2D eigenvalue weighted by Crippen LogP contribution is -2.49. The van der Waals surface area contributed by atoms with Crippen LogP contribution in [0, 0.1) is 17.7 Å². The normalized spacial score (nSPS) is 21.4. The summed E-state index contributed by atoms with van der Waals surface area (Å²) in [5.74, 6) is -0.961. The molecule has 0 aromatic heterocycles. The molecule has 0 spiro atoms. The Morgan fingerprint density at radius 1 is 1.11 bits per heavy atom. The van der Waals surface area contributed by atoms with Gasteiger partial charge in [-0.3, -0.25) is 14.4 Å². The van der Waals surface area contributed by atoms with Crippen LogP contribution in [0.4, 0.5) is 4.39 Å². The first kappa shape index (κ1) is 26.1. The summed E-state index contributed by atoms with van der Waals surface area (Å²) in [6.45, 7) is 6.63. The van der Waals surface area contributed by atoms with E-state index in [-0.39, 0.29) is 42.2 Å². The van der Waals surface area contributed by atoms with Crippen LogP contribution in [0.2, 0.25) is 19.6 Å². The predicted octanol–water partition coefficient (Wildman–Crippen LogP) is 4.12. The van der Waals surface area contributed by atoms with Gasteiger partial charge >= 0.3 is 5.97 Å². The van der Waals surface area contributed by atoms with Gasteiger partial charge in [0.2, 0.25) is 5.91 Å². The molecule has 36 heavy (non-hydrogen) atoms. The van der Waals surface area contributed by atoms with Gasteiger partial charge in [0, 0.05) is 25.3 Å². The molecule has 0 radical (unpaired) electrons. The van der Waals surface area contributed by atoms with Gasteiger partial charge in [-0.1, -0.05) is 37.8 Å². The number of halogens is 1. The van der Waals surface area contributed by atoms with Crippen LogP contribution in [-0.4, -0.2) is 49.4 Å². The summed E-state index contributed by atoms with van der Waals surface area (Å²) >= 11 is 0. The van der Waals surface area contributed by atoms with Gasteiger partial charge in [-0.25, -0.2) is 4.39 Å². The lowest BCUT2D eigenvalue weighted by atomic mass is 9.72. The molecule has 6 nitrogen and oxygen atoms in total. The Bertz CT molecular complexity index is 1180. The van der Waals surface area contributed by atoms with Gasteiger partial charge in [0.05, 0.1) is 15.2 Å². The number of aliphatic carboxylic acids is 1. The molecular weight excluding hydrogens is 477 g/mol. The average molecular weight is 512 g/mol. The molecule has 1 aliphatic heterocycles. The topological polar surface area (TPSA) is 83.9 Å². The van der Waals surface area contributed by atoms with Crippen LogP contribution >= 0.6 is 0 Å². The zero-order chi connectivity index (χ0) is 26.2. The molecule has 4 rings (SSSR count). The lowest BCUT2D eigenvalue weighted by molar-refractivity contribution is -0.149. The van der Waals surface area contributed by atoms with E-state index in [2.05, 4.69) is 19.6 Å². The first-order valence-electron chi connectivity index (χ1n) is 12.5. The highest BCUT2D eigenvalue weighted by Crippen LogP contribution is 2.41. The summed E-state index contributed by atoms with van der Waals surface area (Å²) in [6, 6.07) is 9.86. The fourth-order valence-electron chi connectivity index (χ4n) is 5.48. The molecule has 1 N–H and O–H groups in total. The molecule has 8 heteroatoms. The number of hydrogen-bond donors (Lipinski definition) is 1. The molecule has 1 saturated carbocycles. The summed E-state index contributed by atoms with van der Waals surface area (Å²) < 4.78 is 20.2. The molecule has 0 saturated heterocycles. The van der Waals surface area contributed by atoms with E-state index in [0.717, 1.165) is 16.3 Å². The number of hydrogen-bond acceptors (Lipinski definition) is 4. The molecule has 1 amide bonds. The molecule has 0 bridgehead atoms. The minimum absolute atomic E-state index is 0.000189. The zero-order valence-electron chi connectivity index (χ0n) is 21.3. The minimum Gasteiger partial charge on any atom is -0.497 e. The Hall–Kier alpha value is -3.00. The van der Waals surface area contributed by atoms with Gasteiger partial charge in [0.1, 0.15) is 17.6 Å². The van der Waals surface area contributed by atoms with Crippen LogP contribution in [0.1, 0.15) is 42.0 Å². The molecule has 0 unspecified atom stereocenters. The summed E-state index contributed by atoms with van der Waals surface area (Å²) in [5, 5.41) is 9.76. The second-order valence-electron chi connectivity index (χ2n) is 11.1. The van der Waals surface area contributed by atoms with Crippen LogP contribution in [0.15, 0.2) is 36.4 Å². The predicted molar refractivity (Wildman–Crippen MR) is 138 cm³/mol. The number of Topliss-reactive ketones (excluding diaryl/α,β-unsaturated/α-hetero) is 1. The molecule has 2 aliphatic rings. The number of carbonyl (C=O) groups excluding carboxylic acids is 2. The Kier molecular flexibility index (Phi) is 7.36. The number of carbonyl (C=O) groups is 3. The third kappa shape index (κ3) is 5.38. The van der Waals surface area contributed by atoms with Crippen molar-refractivity contribution in [3.63, 3.8) is 0 Å². The van der Waals surface area contributed by atoms with Crippen molar-refractivity contribution in [1.82, 2.24) is 4.90 Å².